The summed E-state index contributed by atoms with van der Waals surface area (Å²) in [6.45, 7) is 4.85. The topological polar surface area (TPSA) is 69.8 Å². The molecule has 3 aromatic rings. The molecule has 1 aliphatic rings. The van der Waals surface area contributed by atoms with Gasteiger partial charge in [-0.25, -0.2) is 0 Å². The first-order valence-corrected chi connectivity index (χ1v) is 9.76. The fourth-order valence-electron chi connectivity index (χ4n) is 3.80. The van der Waals surface area contributed by atoms with E-state index in [1.807, 2.05) is 28.8 Å². The van der Waals surface area contributed by atoms with E-state index in [1.165, 1.54) is 5.56 Å². The van der Waals surface area contributed by atoms with Crippen molar-refractivity contribution in [2.75, 3.05) is 13.6 Å². The Morgan fingerprint density at radius 1 is 1.14 bits per heavy atom. The number of guanidine groups is 1. The lowest BCUT2D eigenvalue weighted by Crippen LogP contribution is -2.44. The van der Waals surface area contributed by atoms with E-state index in [9.17, 15) is 0 Å². The fraction of sp³-hybridized carbons (Fsp3) is 0.381. The maximum atomic E-state index is 4.38. The van der Waals surface area contributed by atoms with Crippen molar-refractivity contribution in [3.8, 4) is 0 Å². The summed E-state index contributed by atoms with van der Waals surface area (Å²) >= 11 is 0. The summed E-state index contributed by atoms with van der Waals surface area (Å²) in [6.07, 6.45) is 3.07. The minimum Gasteiger partial charge on any atom is -0.352 e. The third-order valence-corrected chi connectivity index (χ3v) is 5.30. The molecule has 2 aromatic heterocycles. The largest absolute Gasteiger partial charge is 0.352 e. The normalized spacial score (nSPS) is 20.6. The van der Waals surface area contributed by atoms with Crippen LogP contribution in [0.5, 0.6) is 0 Å². The van der Waals surface area contributed by atoms with Gasteiger partial charge in [-0.1, -0.05) is 36.4 Å². The zero-order valence-electron chi connectivity index (χ0n) is 16.4. The van der Waals surface area contributed by atoms with Crippen molar-refractivity contribution in [1.82, 2.24) is 30.1 Å². The van der Waals surface area contributed by atoms with E-state index in [0.717, 1.165) is 36.9 Å². The van der Waals surface area contributed by atoms with Crippen molar-refractivity contribution in [2.45, 2.75) is 38.5 Å². The lowest BCUT2D eigenvalue weighted by molar-refractivity contribution is 0.258. The van der Waals surface area contributed by atoms with Gasteiger partial charge in [-0.2, -0.15) is 0 Å². The quantitative estimate of drug-likeness (QED) is 0.526. The summed E-state index contributed by atoms with van der Waals surface area (Å²) in [5, 5.41) is 15.4. The molecule has 146 valence electrons. The maximum Gasteiger partial charge on any atom is 0.191 e. The smallest absolute Gasteiger partial charge is 0.191 e. The zero-order chi connectivity index (χ0) is 19.3. The van der Waals surface area contributed by atoms with Crippen LogP contribution >= 0.6 is 0 Å². The Kier molecular flexibility index (Phi) is 5.53. The molecule has 3 heterocycles. The third kappa shape index (κ3) is 4.14. The molecule has 1 aromatic carbocycles. The van der Waals surface area contributed by atoms with E-state index >= 15 is 0 Å². The van der Waals surface area contributed by atoms with Crippen LogP contribution in [0.4, 0.5) is 0 Å². The van der Waals surface area contributed by atoms with Crippen molar-refractivity contribution in [2.24, 2.45) is 4.99 Å². The molecule has 0 bridgehead atoms. The van der Waals surface area contributed by atoms with E-state index in [4.69, 9.17) is 0 Å². The number of aromatic nitrogens is 3. The SMILES string of the molecule is CN=C(NCc1nnc2ccccn12)NC1CC(C)N(Cc2ccccc2)C1. The number of aliphatic imine (C=N–C) groups is 1. The summed E-state index contributed by atoms with van der Waals surface area (Å²) in [6, 6.07) is 17.5. The second kappa shape index (κ2) is 8.39. The first-order valence-electron chi connectivity index (χ1n) is 9.76. The number of benzene rings is 1. The molecule has 0 radical (unpaired) electrons. The summed E-state index contributed by atoms with van der Waals surface area (Å²) in [4.78, 5) is 6.90. The molecule has 28 heavy (non-hydrogen) atoms. The highest BCUT2D eigenvalue weighted by molar-refractivity contribution is 5.80. The molecule has 1 fully saturated rings. The van der Waals surface area contributed by atoms with Gasteiger partial charge >= 0.3 is 0 Å². The third-order valence-electron chi connectivity index (χ3n) is 5.30. The lowest BCUT2D eigenvalue weighted by Gasteiger charge is -2.21. The van der Waals surface area contributed by atoms with E-state index in [1.54, 1.807) is 7.05 Å². The summed E-state index contributed by atoms with van der Waals surface area (Å²) < 4.78 is 1.99. The molecule has 0 spiro atoms. The van der Waals surface area contributed by atoms with Crippen molar-refractivity contribution in [3.63, 3.8) is 0 Å². The first kappa shape index (κ1) is 18.4. The number of nitrogens with one attached hydrogen (secondary N) is 2. The van der Waals surface area contributed by atoms with Crippen LogP contribution in [-0.4, -0.2) is 51.1 Å². The van der Waals surface area contributed by atoms with Gasteiger partial charge in [0, 0.05) is 38.4 Å². The molecule has 2 N–H and O–H groups in total. The Morgan fingerprint density at radius 3 is 2.79 bits per heavy atom. The minimum absolute atomic E-state index is 0.375. The predicted molar refractivity (Wildman–Crippen MR) is 111 cm³/mol. The molecule has 2 unspecified atom stereocenters. The Labute approximate surface area is 165 Å². The lowest BCUT2D eigenvalue weighted by atomic mass is 10.2. The van der Waals surface area contributed by atoms with Crippen LogP contribution in [0.3, 0.4) is 0 Å². The van der Waals surface area contributed by atoms with Crippen LogP contribution in [0.2, 0.25) is 0 Å². The van der Waals surface area contributed by atoms with Gasteiger partial charge in [-0.05, 0) is 31.0 Å². The standard InChI is InChI=1S/C21H27N7/c1-16-12-18(15-27(16)14-17-8-4-3-5-9-17)24-21(22-2)23-13-20-26-25-19-10-6-7-11-28(19)20/h3-11,16,18H,12-15H2,1-2H3,(H2,22,23,24). The molecule has 0 saturated carbocycles. The average molecular weight is 377 g/mol. The highest BCUT2D eigenvalue weighted by Crippen LogP contribution is 2.20. The van der Waals surface area contributed by atoms with Crippen LogP contribution in [-0.2, 0) is 13.1 Å². The average Bonchev–Trinajstić information content (AvgIpc) is 3.29. The van der Waals surface area contributed by atoms with Crippen molar-refractivity contribution in [1.29, 1.82) is 0 Å². The molecular weight excluding hydrogens is 350 g/mol. The summed E-state index contributed by atoms with van der Waals surface area (Å²) in [5.74, 6) is 1.66. The van der Waals surface area contributed by atoms with Gasteiger partial charge in [0.1, 0.15) is 0 Å². The van der Waals surface area contributed by atoms with Crippen LogP contribution in [0.1, 0.15) is 24.7 Å². The van der Waals surface area contributed by atoms with Gasteiger partial charge in [0.15, 0.2) is 17.4 Å². The fourth-order valence-corrected chi connectivity index (χ4v) is 3.80. The van der Waals surface area contributed by atoms with Gasteiger partial charge in [0.05, 0.1) is 6.54 Å². The molecule has 7 nitrogen and oxygen atoms in total. The van der Waals surface area contributed by atoms with Gasteiger partial charge in [0.2, 0.25) is 0 Å². The van der Waals surface area contributed by atoms with Crippen molar-refractivity contribution < 1.29 is 0 Å². The molecule has 4 rings (SSSR count). The summed E-state index contributed by atoms with van der Waals surface area (Å²) in [7, 11) is 1.80. The van der Waals surface area contributed by atoms with E-state index < -0.39 is 0 Å². The highest BCUT2D eigenvalue weighted by Gasteiger charge is 2.29. The number of hydrogen-bond acceptors (Lipinski definition) is 4. The Balaban J connectivity index is 1.32. The Hall–Kier alpha value is -2.93. The Bertz CT molecular complexity index is 934. The second-order valence-corrected chi connectivity index (χ2v) is 7.31. The first-order chi connectivity index (χ1) is 13.7. The molecule has 7 heteroatoms. The van der Waals surface area contributed by atoms with Crippen LogP contribution in [0.25, 0.3) is 5.65 Å². The maximum absolute atomic E-state index is 4.38. The molecular formula is C21H27N7. The van der Waals surface area contributed by atoms with Crippen LogP contribution in [0, 0.1) is 0 Å². The minimum atomic E-state index is 0.375. The second-order valence-electron chi connectivity index (χ2n) is 7.31. The van der Waals surface area contributed by atoms with Gasteiger partial charge in [-0.15, -0.1) is 10.2 Å². The van der Waals surface area contributed by atoms with Crippen LogP contribution < -0.4 is 10.6 Å². The number of likely N-dealkylation sites (tertiary alicyclic amines) is 1. The number of nitrogens with zero attached hydrogens (tertiary/aromatic N) is 5. The molecule has 2 atom stereocenters. The number of fused-ring (bicyclic) bond motifs is 1. The molecule has 0 aliphatic carbocycles. The number of pyridine rings is 1. The molecule has 1 saturated heterocycles. The van der Waals surface area contributed by atoms with Gasteiger partial charge in [-0.3, -0.25) is 14.3 Å². The van der Waals surface area contributed by atoms with Crippen LogP contribution in [0.15, 0.2) is 59.7 Å². The van der Waals surface area contributed by atoms with Gasteiger partial charge in [0.25, 0.3) is 0 Å². The number of rotatable bonds is 5. The van der Waals surface area contributed by atoms with E-state index in [2.05, 4.69) is 68.0 Å². The predicted octanol–water partition coefficient (Wildman–Crippen LogP) is 2.06. The zero-order valence-corrected chi connectivity index (χ0v) is 16.4. The monoisotopic (exact) mass is 377 g/mol. The summed E-state index contributed by atoms with van der Waals surface area (Å²) in [5.41, 5.74) is 2.21. The molecule has 1 aliphatic heterocycles. The highest BCUT2D eigenvalue weighted by atomic mass is 15.3. The molecule has 0 amide bonds. The van der Waals surface area contributed by atoms with Crippen molar-refractivity contribution in [3.05, 3.63) is 66.1 Å². The van der Waals surface area contributed by atoms with Crippen molar-refractivity contribution >= 4 is 11.6 Å². The van der Waals surface area contributed by atoms with Gasteiger partial charge < -0.3 is 10.6 Å². The number of hydrogen-bond donors (Lipinski definition) is 2. The van der Waals surface area contributed by atoms with E-state index in [0.29, 0.717) is 18.6 Å². The Morgan fingerprint density at radius 2 is 1.96 bits per heavy atom. The van der Waals surface area contributed by atoms with E-state index in [-0.39, 0.29) is 0 Å².